The van der Waals surface area contributed by atoms with Gasteiger partial charge >= 0.3 is 0 Å². The Morgan fingerprint density at radius 2 is 2.13 bits per heavy atom. The van der Waals surface area contributed by atoms with E-state index in [1.54, 1.807) is 12.3 Å². The van der Waals surface area contributed by atoms with E-state index in [4.69, 9.17) is 20.3 Å². The van der Waals surface area contributed by atoms with Crippen molar-refractivity contribution >= 4 is 17.2 Å². The minimum absolute atomic E-state index is 0.00815. The van der Waals surface area contributed by atoms with E-state index in [9.17, 15) is 0 Å². The number of rotatable bonds is 6. The molecule has 0 amide bonds. The highest BCUT2D eigenvalue weighted by Gasteiger charge is 2.32. The summed E-state index contributed by atoms with van der Waals surface area (Å²) in [7, 11) is 0. The fraction of sp³-hybridized carbons (Fsp3) is 0.391. The van der Waals surface area contributed by atoms with Crippen molar-refractivity contribution < 1.29 is 9.15 Å². The Bertz CT molecular complexity index is 1130. The maximum absolute atomic E-state index is 8.74. The van der Waals surface area contributed by atoms with Gasteiger partial charge in [0, 0.05) is 42.3 Å². The lowest BCUT2D eigenvalue weighted by atomic mass is 10.0. The molecule has 1 fully saturated rings. The Labute approximate surface area is 181 Å². The van der Waals surface area contributed by atoms with Crippen LogP contribution in [0.5, 0.6) is 5.88 Å². The summed E-state index contributed by atoms with van der Waals surface area (Å²) in [5.74, 6) is 3.60. The van der Waals surface area contributed by atoms with E-state index in [1.807, 2.05) is 26.0 Å². The van der Waals surface area contributed by atoms with E-state index in [-0.39, 0.29) is 6.10 Å². The molecule has 0 bridgehead atoms. The molecule has 3 N–H and O–H groups in total. The van der Waals surface area contributed by atoms with E-state index in [2.05, 4.69) is 19.9 Å². The van der Waals surface area contributed by atoms with Gasteiger partial charge in [0.1, 0.15) is 11.6 Å². The molecule has 1 aliphatic carbocycles. The van der Waals surface area contributed by atoms with E-state index in [0.717, 1.165) is 41.7 Å². The van der Waals surface area contributed by atoms with Crippen molar-refractivity contribution in [3.63, 3.8) is 0 Å². The van der Waals surface area contributed by atoms with Crippen LogP contribution < -0.4 is 15.4 Å². The zero-order valence-corrected chi connectivity index (χ0v) is 17.8. The van der Waals surface area contributed by atoms with Gasteiger partial charge in [-0.05, 0) is 38.8 Å². The molecule has 0 radical (unpaired) electrons. The van der Waals surface area contributed by atoms with E-state index in [0.29, 0.717) is 35.3 Å². The van der Waals surface area contributed by atoms with Crippen LogP contribution in [0.3, 0.4) is 0 Å². The van der Waals surface area contributed by atoms with Crippen LogP contribution in [0.15, 0.2) is 35.0 Å². The molecule has 8 heteroatoms. The zero-order valence-electron chi connectivity index (χ0n) is 17.8. The molecule has 31 heavy (non-hydrogen) atoms. The van der Waals surface area contributed by atoms with Gasteiger partial charge in [-0.3, -0.25) is 5.41 Å². The fourth-order valence-corrected chi connectivity index (χ4v) is 3.79. The number of nitrogens with two attached hydrogens (primary N) is 1. The van der Waals surface area contributed by atoms with Gasteiger partial charge in [-0.15, -0.1) is 0 Å². The largest absolute Gasteiger partial charge is 0.475 e. The van der Waals surface area contributed by atoms with Gasteiger partial charge in [0.25, 0.3) is 0 Å². The smallest absolute Gasteiger partial charge is 0.214 e. The molecule has 5 rings (SSSR count). The van der Waals surface area contributed by atoms with Crippen LogP contribution in [0.1, 0.15) is 61.1 Å². The van der Waals surface area contributed by atoms with Crippen LogP contribution in [0.25, 0.3) is 0 Å². The summed E-state index contributed by atoms with van der Waals surface area (Å²) in [4.78, 5) is 15.6. The van der Waals surface area contributed by atoms with Crippen LogP contribution in [-0.4, -0.2) is 33.3 Å². The van der Waals surface area contributed by atoms with E-state index in [1.165, 1.54) is 19.0 Å². The van der Waals surface area contributed by atoms with Crippen LogP contribution in [0, 0.1) is 5.41 Å². The minimum atomic E-state index is -0.00815. The van der Waals surface area contributed by atoms with Crippen molar-refractivity contribution in [3.8, 4) is 5.88 Å². The van der Waals surface area contributed by atoms with Crippen LogP contribution in [0.4, 0.5) is 11.5 Å². The number of hydrogen-bond acceptors (Lipinski definition) is 8. The van der Waals surface area contributed by atoms with Crippen molar-refractivity contribution in [1.82, 2.24) is 15.0 Å². The molecule has 1 saturated carbocycles. The summed E-state index contributed by atoms with van der Waals surface area (Å²) < 4.78 is 11.7. The van der Waals surface area contributed by atoms with Gasteiger partial charge in [-0.1, -0.05) is 0 Å². The van der Waals surface area contributed by atoms with Gasteiger partial charge in [0.15, 0.2) is 5.89 Å². The van der Waals surface area contributed by atoms with Crippen LogP contribution >= 0.6 is 0 Å². The number of aromatic nitrogens is 3. The summed E-state index contributed by atoms with van der Waals surface area (Å²) in [5, 5.41) is 8.74. The second-order valence-corrected chi connectivity index (χ2v) is 8.42. The Kier molecular flexibility index (Phi) is 4.84. The topological polar surface area (TPSA) is 114 Å². The first kappa shape index (κ1) is 19.5. The maximum atomic E-state index is 8.74. The van der Waals surface area contributed by atoms with Gasteiger partial charge in [0.2, 0.25) is 5.88 Å². The molecule has 1 aliphatic heterocycles. The predicted octanol–water partition coefficient (Wildman–Crippen LogP) is 3.69. The SMILES string of the molecule is CC(C)Oc1cc(C(=N)c2ccnc(N3CCc4nc(C5CC5)oc4C3)c2)c(N)cn1. The molecule has 3 aromatic heterocycles. The lowest BCUT2D eigenvalue weighted by Crippen LogP contribution is -2.30. The van der Waals surface area contributed by atoms with Gasteiger partial charge in [-0.25, -0.2) is 15.0 Å². The predicted molar refractivity (Wildman–Crippen MR) is 118 cm³/mol. The molecular formula is C23H26N6O2. The third-order valence-electron chi connectivity index (χ3n) is 5.57. The molecule has 0 atom stereocenters. The fourth-order valence-electron chi connectivity index (χ4n) is 3.79. The van der Waals surface area contributed by atoms with Gasteiger partial charge in [0.05, 0.1) is 35.9 Å². The molecule has 8 nitrogen and oxygen atoms in total. The average molecular weight is 419 g/mol. The highest BCUT2D eigenvalue weighted by Crippen LogP contribution is 2.41. The number of nitrogens with zero attached hydrogens (tertiary/aromatic N) is 4. The molecular weight excluding hydrogens is 392 g/mol. The number of hydrogen-bond donors (Lipinski definition) is 2. The molecule has 0 saturated heterocycles. The zero-order chi connectivity index (χ0) is 21.5. The second kappa shape index (κ2) is 7.68. The molecule has 160 valence electrons. The summed E-state index contributed by atoms with van der Waals surface area (Å²) in [6.45, 7) is 5.33. The Morgan fingerprint density at radius 3 is 2.90 bits per heavy atom. The van der Waals surface area contributed by atoms with Crippen molar-refractivity contribution in [2.75, 3.05) is 17.2 Å². The maximum Gasteiger partial charge on any atom is 0.214 e. The standard InChI is InChI=1S/C23H26N6O2/c1-13(2)30-21-10-16(17(24)11-27-21)22(25)15-5-7-26-20(9-15)29-8-6-18-19(12-29)31-23(28-18)14-3-4-14/h5,7,9-11,13-14,25H,3-4,6,8,12,24H2,1-2H3. The van der Waals surface area contributed by atoms with Gasteiger partial charge in [-0.2, -0.15) is 0 Å². The first-order valence-electron chi connectivity index (χ1n) is 10.7. The van der Waals surface area contributed by atoms with Crippen molar-refractivity contribution in [3.05, 3.63) is 59.1 Å². The highest BCUT2D eigenvalue weighted by molar-refractivity contribution is 6.14. The number of anilines is 2. The van der Waals surface area contributed by atoms with E-state index >= 15 is 0 Å². The Morgan fingerprint density at radius 1 is 1.29 bits per heavy atom. The number of ether oxygens (including phenoxy) is 1. The molecule has 2 aliphatic rings. The second-order valence-electron chi connectivity index (χ2n) is 8.42. The molecule has 4 heterocycles. The minimum Gasteiger partial charge on any atom is -0.475 e. The van der Waals surface area contributed by atoms with Crippen molar-refractivity contribution in [2.45, 2.75) is 51.7 Å². The summed E-state index contributed by atoms with van der Waals surface area (Å²) >= 11 is 0. The van der Waals surface area contributed by atoms with Gasteiger partial charge < -0.3 is 19.8 Å². The summed E-state index contributed by atoms with van der Waals surface area (Å²) in [6.07, 6.45) is 6.45. The highest BCUT2D eigenvalue weighted by atomic mass is 16.5. The number of nitrogen functional groups attached to an aromatic ring is 1. The first-order chi connectivity index (χ1) is 15.0. The lowest BCUT2D eigenvalue weighted by molar-refractivity contribution is 0.232. The average Bonchev–Trinajstić information content (AvgIpc) is 3.53. The first-order valence-corrected chi connectivity index (χ1v) is 10.7. The summed E-state index contributed by atoms with van der Waals surface area (Å²) in [6, 6.07) is 5.47. The number of oxazole rings is 1. The normalized spacial score (nSPS) is 15.8. The molecule has 0 unspecified atom stereocenters. The molecule has 3 aromatic rings. The number of nitrogens with one attached hydrogen (secondary N) is 1. The van der Waals surface area contributed by atoms with Crippen molar-refractivity contribution in [2.24, 2.45) is 0 Å². The lowest BCUT2D eigenvalue weighted by Gasteiger charge is -2.26. The van der Waals surface area contributed by atoms with Crippen molar-refractivity contribution in [1.29, 1.82) is 5.41 Å². The third kappa shape index (κ3) is 3.97. The van der Waals surface area contributed by atoms with Crippen LogP contribution in [0.2, 0.25) is 0 Å². The number of fused-ring (bicyclic) bond motifs is 1. The number of pyridine rings is 2. The quantitative estimate of drug-likeness (QED) is 0.587. The van der Waals surface area contributed by atoms with Crippen LogP contribution in [-0.2, 0) is 13.0 Å². The monoisotopic (exact) mass is 418 g/mol. The Balaban J connectivity index is 1.38. The Hall–Kier alpha value is -3.42. The van der Waals surface area contributed by atoms with E-state index < -0.39 is 0 Å². The third-order valence-corrected chi connectivity index (χ3v) is 5.57. The summed E-state index contributed by atoms with van der Waals surface area (Å²) in [5.41, 5.74) is 9.27. The molecule has 0 aromatic carbocycles. The molecule has 0 spiro atoms.